The van der Waals surface area contributed by atoms with Gasteiger partial charge in [0, 0.05) is 19.6 Å². The maximum atomic E-state index is 12.9. The highest BCUT2D eigenvalue weighted by Gasteiger charge is 2.46. The predicted octanol–water partition coefficient (Wildman–Crippen LogP) is 1.97. The summed E-state index contributed by atoms with van der Waals surface area (Å²) >= 11 is 0. The van der Waals surface area contributed by atoms with E-state index >= 15 is 0 Å². The maximum absolute atomic E-state index is 12.9. The topological polar surface area (TPSA) is 97.6 Å². The number of rotatable bonds is 3. The molecule has 1 aromatic carbocycles. The van der Waals surface area contributed by atoms with Gasteiger partial charge in [-0.05, 0) is 50.8 Å². The molecule has 0 saturated carbocycles. The van der Waals surface area contributed by atoms with Crippen LogP contribution >= 0.6 is 0 Å². The number of hydrogen-bond acceptors (Lipinski definition) is 7. The third-order valence-corrected chi connectivity index (χ3v) is 6.62. The van der Waals surface area contributed by atoms with Crippen LogP contribution in [0.2, 0.25) is 0 Å². The molecule has 158 valence electrons. The monoisotopic (exact) mass is 411 g/mol. The number of amides is 1. The molecule has 9 nitrogen and oxygen atoms in total. The minimum atomic E-state index is -0.492. The van der Waals surface area contributed by atoms with E-state index in [1.54, 1.807) is 12.1 Å². The molecule has 2 aliphatic rings. The number of benzene rings is 1. The number of likely N-dealkylation sites (tertiary alicyclic amines) is 2. The Morgan fingerprint density at radius 1 is 1.27 bits per heavy atom. The minimum Gasteiger partial charge on any atom is -0.408 e. The molecule has 0 aliphatic carbocycles. The van der Waals surface area contributed by atoms with Crippen LogP contribution in [0.4, 0.5) is 0 Å². The number of nitrogens with zero attached hydrogens (tertiary/aromatic N) is 5. The van der Waals surface area contributed by atoms with Crippen LogP contribution in [0.1, 0.15) is 37.0 Å². The Labute approximate surface area is 173 Å². The van der Waals surface area contributed by atoms with Gasteiger partial charge in [-0.2, -0.15) is 4.98 Å². The van der Waals surface area contributed by atoms with E-state index in [0.29, 0.717) is 35.9 Å². The lowest BCUT2D eigenvalue weighted by molar-refractivity contribution is -0.134. The number of hydrogen-bond donors (Lipinski definition) is 0. The lowest BCUT2D eigenvalue weighted by Crippen LogP contribution is -2.45. The highest BCUT2D eigenvalue weighted by molar-refractivity contribution is 5.79. The summed E-state index contributed by atoms with van der Waals surface area (Å²) in [4.78, 5) is 33.6. The average molecular weight is 411 g/mol. The van der Waals surface area contributed by atoms with Crippen LogP contribution in [0, 0.1) is 12.3 Å². The molecule has 30 heavy (non-hydrogen) atoms. The van der Waals surface area contributed by atoms with Crippen molar-refractivity contribution in [2.75, 3.05) is 26.7 Å². The van der Waals surface area contributed by atoms with Crippen molar-refractivity contribution in [2.24, 2.45) is 5.41 Å². The first-order valence-corrected chi connectivity index (χ1v) is 10.3. The summed E-state index contributed by atoms with van der Waals surface area (Å²) in [6, 6.07) is 7.31. The van der Waals surface area contributed by atoms with Gasteiger partial charge in [-0.1, -0.05) is 17.3 Å². The molecule has 2 saturated heterocycles. The zero-order valence-electron chi connectivity index (χ0n) is 17.2. The van der Waals surface area contributed by atoms with Gasteiger partial charge in [0.25, 0.3) is 0 Å². The molecular formula is C21H25N5O4. The second-order valence-electron chi connectivity index (χ2n) is 8.62. The van der Waals surface area contributed by atoms with E-state index in [1.165, 1.54) is 4.57 Å². The summed E-state index contributed by atoms with van der Waals surface area (Å²) in [5, 5.41) is 3.93. The standard InChI is InChI=1S/C21H25N5O4/c1-14-22-19(30-23-14)16-11-21(13-24(16)2)7-9-25(10-8-21)18(27)12-26-15-5-3-4-6-17(15)29-20(26)28/h3-6,16H,7-13H2,1-2H3. The van der Waals surface area contributed by atoms with E-state index in [1.807, 2.05) is 24.0 Å². The average Bonchev–Trinajstić information content (AvgIpc) is 3.39. The zero-order chi connectivity index (χ0) is 20.9. The number of piperidine rings is 1. The lowest BCUT2D eigenvalue weighted by atomic mass is 9.76. The number of aryl methyl sites for hydroxylation is 1. The lowest BCUT2D eigenvalue weighted by Gasteiger charge is -2.39. The number of carbonyl (C=O) groups is 1. The van der Waals surface area contributed by atoms with Crippen molar-refractivity contribution in [1.29, 1.82) is 0 Å². The molecule has 2 aliphatic heterocycles. The molecule has 1 spiro atoms. The quantitative estimate of drug-likeness (QED) is 0.650. The Hall–Kier alpha value is -2.94. The zero-order valence-corrected chi connectivity index (χ0v) is 17.2. The molecular weight excluding hydrogens is 386 g/mol. The Morgan fingerprint density at radius 2 is 2.03 bits per heavy atom. The summed E-state index contributed by atoms with van der Waals surface area (Å²) in [5.74, 6) is 0.792. The first kappa shape index (κ1) is 19.0. The van der Waals surface area contributed by atoms with Crippen LogP contribution in [0.25, 0.3) is 11.1 Å². The van der Waals surface area contributed by atoms with Gasteiger partial charge in [-0.25, -0.2) is 4.79 Å². The minimum absolute atomic E-state index is 0.00658. The van der Waals surface area contributed by atoms with Crippen LogP contribution in [0.3, 0.4) is 0 Å². The van der Waals surface area contributed by atoms with Gasteiger partial charge < -0.3 is 13.8 Å². The first-order chi connectivity index (χ1) is 14.4. The van der Waals surface area contributed by atoms with Crippen LogP contribution in [-0.4, -0.2) is 57.1 Å². The van der Waals surface area contributed by atoms with Crippen LogP contribution in [0.15, 0.2) is 38.0 Å². The van der Waals surface area contributed by atoms with E-state index in [4.69, 9.17) is 8.94 Å². The van der Waals surface area contributed by atoms with Gasteiger partial charge in [-0.15, -0.1) is 0 Å². The summed E-state index contributed by atoms with van der Waals surface area (Å²) in [7, 11) is 2.09. The molecule has 1 unspecified atom stereocenters. The van der Waals surface area contributed by atoms with Crippen molar-refractivity contribution < 1.29 is 13.7 Å². The van der Waals surface area contributed by atoms with E-state index in [9.17, 15) is 9.59 Å². The summed E-state index contributed by atoms with van der Waals surface area (Å²) in [5.41, 5.74) is 1.31. The third kappa shape index (κ3) is 3.23. The fourth-order valence-electron chi connectivity index (χ4n) is 4.99. The second kappa shape index (κ2) is 7.09. The van der Waals surface area contributed by atoms with Gasteiger partial charge in [-0.3, -0.25) is 14.3 Å². The van der Waals surface area contributed by atoms with Crippen molar-refractivity contribution in [3.63, 3.8) is 0 Å². The molecule has 5 rings (SSSR count). The second-order valence-corrected chi connectivity index (χ2v) is 8.62. The Bertz CT molecular complexity index is 1140. The molecule has 0 N–H and O–H groups in total. The van der Waals surface area contributed by atoms with E-state index in [0.717, 1.165) is 25.8 Å². The van der Waals surface area contributed by atoms with Crippen LogP contribution in [0.5, 0.6) is 0 Å². The van der Waals surface area contributed by atoms with Gasteiger partial charge in [0.15, 0.2) is 11.4 Å². The van der Waals surface area contributed by atoms with Crippen molar-refractivity contribution in [3.05, 3.63) is 46.5 Å². The van der Waals surface area contributed by atoms with Gasteiger partial charge >= 0.3 is 5.76 Å². The highest BCUT2D eigenvalue weighted by atomic mass is 16.5. The largest absolute Gasteiger partial charge is 0.420 e. The molecule has 1 atom stereocenters. The van der Waals surface area contributed by atoms with E-state index < -0.39 is 5.76 Å². The Kier molecular flexibility index (Phi) is 4.50. The molecule has 2 aromatic heterocycles. The maximum Gasteiger partial charge on any atom is 0.420 e. The molecule has 2 fully saturated rings. The normalized spacial score (nSPS) is 21.7. The fraction of sp³-hybridized carbons (Fsp3) is 0.524. The van der Waals surface area contributed by atoms with Crippen molar-refractivity contribution in [3.8, 4) is 0 Å². The fourth-order valence-corrected chi connectivity index (χ4v) is 4.99. The number of fused-ring (bicyclic) bond motifs is 1. The number of aromatic nitrogens is 3. The Balaban J connectivity index is 1.25. The van der Waals surface area contributed by atoms with Crippen LogP contribution < -0.4 is 5.76 Å². The smallest absolute Gasteiger partial charge is 0.408 e. The third-order valence-electron chi connectivity index (χ3n) is 6.62. The molecule has 3 aromatic rings. The molecule has 4 heterocycles. The van der Waals surface area contributed by atoms with Gasteiger partial charge in [0.05, 0.1) is 11.6 Å². The molecule has 0 bridgehead atoms. The number of carbonyl (C=O) groups excluding carboxylic acids is 1. The van der Waals surface area contributed by atoms with Gasteiger partial charge in [0.2, 0.25) is 11.8 Å². The predicted molar refractivity (Wildman–Crippen MR) is 108 cm³/mol. The van der Waals surface area contributed by atoms with E-state index in [-0.39, 0.29) is 23.9 Å². The number of oxazole rings is 1. The van der Waals surface area contributed by atoms with Crippen molar-refractivity contribution in [1.82, 2.24) is 24.5 Å². The Morgan fingerprint density at radius 3 is 2.77 bits per heavy atom. The summed E-state index contributed by atoms with van der Waals surface area (Å²) in [6.07, 6.45) is 2.81. The molecule has 9 heteroatoms. The molecule has 1 amide bonds. The van der Waals surface area contributed by atoms with Crippen LogP contribution in [-0.2, 0) is 11.3 Å². The van der Waals surface area contributed by atoms with Gasteiger partial charge in [0.1, 0.15) is 6.54 Å². The summed E-state index contributed by atoms with van der Waals surface area (Å²) in [6.45, 7) is 4.16. The van der Waals surface area contributed by atoms with Crippen molar-refractivity contribution >= 4 is 17.0 Å². The summed E-state index contributed by atoms with van der Waals surface area (Å²) < 4.78 is 12.1. The highest BCUT2D eigenvalue weighted by Crippen LogP contribution is 2.47. The first-order valence-electron chi connectivity index (χ1n) is 10.3. The molecule has 0 radical (unpaired) electrons. The van der Waals surface area contributed by atoms with Crippen molar-refractivity contribution in [2.45, 2.75) is 38.8 Å². The number of para-hydroxylation sites is 2. The SMILES string of the molecule is Cc1noc(C2CC3(CCN(C(=O)Cn4c(=O)oc5ccccc54)CC3)CN2C)n1. The van der Waals surface area contributed by atoms with E-state index in [2.05, 4.69) is 22.1 Å².